The fraction of sp³-hybridized carbons (Fsp3) is 0.200. The van der Waals surface area contributed by atoms with Crippen LogP contribution in [0.5, 0.6) is 0 Å². The monoisotopic (exact) mass is 280 g/mol. The van der Waals surface area contributed by atoms with Gasteiger partial charge in [-0.25, -0.2) is 19.9 Å². The van der Waals surface area contributed by atoms with Gasteiger partial charge in [-0.3, -0.25) is 0 Å². The molecule has 0 aromatic carbocycles. The van der Waals surface area contributed by atoms with Crippen molar-refractivity contribution in [2.24, 2.45) is 0 Å². The minimum Gasteiger partial charge on any atom is -0.368 e. The molecule has 2 rings (SSSR count). The van der Waals surface area contributed by atoms with Crippen molar-refractivity contribution in [3.05, 3.63) is 23.5 Å². The Kier molecular flexibility index (Phi) is 3.87. The molecule has 0 amide bonds. The summed E-state index contributed by atoms with van der Waals surface area (Å²) in [7, 11) is 2.92. The van der Waals surface area contributed by atoms with Gasteiger partial charge in [0.15, 0.2) is 0 Å². The third kappa shape index (κ3) is 3.47. The van der Waals surface area contributed by atoms with Crippen molar-refractivity contribution in [1.82, 2.24) is 19.9 Å². The fourth-order valence-corrected chi connectivity index (χ4v) is 3.19. The summed E-state index contributed by atoms with van der Waals surface area (Å²) in [5, 5.41) is 1.58. The summed E-state index contributed by atoms with van der Waals surface area (Å²) in [4.78, 5) is 16.3. The molecule has 0 fully saturated rings. The number of rotatable bonds is 3. The predicted octanol–water partition coefficient (Wildman–Crippen LogP) is 1.85. The van der Waals surface area contributed by atoms with E-state index in [9.17, 15) is 0 Å². The van der Waals surface area contributed by atoms with Gasteiger partial charge in [0, 0.05) is 11.4 Å². The maximum Gasteiger partial charge on any atom is 0.221 e. The van der Waals surface area contributed by atoms with Gasteiger partial charge >= 0.3 is 0 Å². The van der Waals surface area contributed by atoms with Crippen LogP contribution < -0.4 is 11.5 Å². The Labute approximate surface area is 112 Å². The van der Waals surface area contributed by atoms with Crippen LogP contribution in [0.4, 0.5) is 11.9 Å². The van der Waals surface area contributed by atoms with Gasteiger partial charge in [-0.15, -0.1) is 0 Å². The van der Waals surface area contributed by atoms with Crippen LogP contribution in [0.25, 0.3) is 0 Å². The lowest BCUT2D eigenvalue weighted by atomic mass is 10.5. The van der Waals surface area contributed by atoms with Gasteiger partial charge in [0.1, 0.15) is 10.1 Å². The van der Waals surface area contributed by atoms with E-state index in [-0.39, 0.29) is 11.9 Å². The van der Waals surface area contributed by atoms with Crippen LogP contribution in [0, 0.1) is 13.8 Å². The summed E-state index contributed by atoms with van der Waals surface area (Å²) >= 11 is 0. The number of nitrogen functional groups attached to an aromatic ring is 2. The SMILES string of the molecule is Cc1cc(SSc2cc(C)nc(N)n2)nc(N)n1. The molecule has 8 heteroatoms. The van der Waals surface area contributed by atoms with Gasteiger partial charge < -0.3 is 11.5 Å². The Hall–Kier alpha value is -1.54. The molecule has 0 atom stereocenters. The molecule has 94 valence electrons. The zero-order chi connectivity index (χ0) is 13.1. The minimum atomic E-state index is 0.275. The first kappa shape index (κ1) is 12.9. The quantitative estimate of drug-likeness (QED) is 0.648. The first-order valence-electron chi connectivity index (χ1n) is 5.10. The molecule has 0 saturated heterocycles. The van der Waals surface area contributed by atoms with Gasteiger partial charge in [0.25, 0.3) is 0 Å². The number of nitrogens with zero attached hydrogens (tertiary/aromatic N) is 4. The van der Waals surface area contributed by atoms with Gasteiger partial charge in [-0.1, -0.05) is 0 Å². The van der Waals surface area contributed by atoms with Crippen molar-refractivity contribution in [1.29, 1.82) is 0 Å². The standard InChI is InChI=1S/C10H12N6S2/c1-5-3-7(15-9(11)13-5)17-18-8-4-6(2)14-10(12)16-8/h3-4H,1-2H3,(H2,11,13,15)(H2,12,14,16). The van der Waals surface area contributed by atoms with Crippen molar-refractivity contribution in [2.75, 3.05) is 11.5 Å². The van der Waals surface area contributed by atoms with Crippen molar-refractivity contribution in [3.63, 3.8) is 0 Å². The number of hydrogen-bond donors (Lipinski definition) is 2. The van der Waals surface area contributed by atoms with Crippen LogP contribution in [-0.4, -0.2) is 19.9 Å². The molecule has 4 N–H and O–H groups in total. The van der Waals surface area contributed by atoms with E-state index >= 15 is 0 Å². The van der Waals surface area contributed by atoms with Crippen molar-refractivity contribution >= 4 is 33.5 Å². The normalized spacial score (nSPS) is 10.6. The van der Waals surface area contributed by atoms with Gasteiger partial charge in [0.05, 0.1) is 0 Å². The van der Waals surface area contributed by atoms with Gasteiger partial charge in [-0.05, 0) is 47.6 Å². The largest absolute Gasteiger partial charge is 0.368 e. The molecule has 18 heavy (non-hydrogen) atoms. The smallest absolute Gasteiger partial charge is 0.221 e. The number of aryl methyl sites for hydroxylation is 2. The second-order valence-corrected chi connectivity index (χ2v) is 5.75. The maximum absolute atomic E-state index is 5.59. The third-order valence-electron chi connectivity index (χ3n) is 1.91. The van der Waals surface area contributed by atoms with E-state index < -0.39 is 0 Å². The molecule has 0 spiro atoms. The third-order valence-corrected chi connectivity index (χ3v) is 4.03. The first-order chi connectivity index (χ1) is 8.52. The molecule has 2 aromatic heterocycles. The lowest BCUT2D eigenvalue weighted by Gasteiger charge is -2.03. The number of anilines is 2. The summed E-state index contributed by atoms with van der Waals surface area (Å²) in [6.45, 7) is 3.75. The van der Waals surface area contributed by atoms with Crippen molar-refractivity contribution in [3.8, 4) is 0 Å². The molecule has 2 heterocycles. The fourth-order valence-electron chi connectivity index (χ4n) is 1.29. The molecule has 0 radical (unpaired) electrons. The van der Waals surface area contributed by atoms with E-state index in [4.69, 9.17) is 11.5 Å². The highest BCUT2D eigenvalue weighted by Gasteiger charge is 2.05. The Balaban J connectivity index is 2.11. The molecule has 2 aromatic rings. The van der Waals surface area contributed by atoms with Gasteiger partial charge in [-0.2, -0.15) is 0 Å². The second kappa shape index (κ2) is 5.40. The highest BCUT2D eigenvalue weighted by Crippen LogP contribution is 2.35. The van der Waals surface area contributed by atoms with Crippen molar-refractivity contribution < 1.29 is 0 Å². The molecular formula is C10H12N6S2. The van der Waals surface area contributed by atoms with Crippen LogP contribution in [0.3, 0.4) is 0 Å². The molecule has 0 saturated carbocycles. The van der Waals surface area contributed by atoms with Crippen molar-refractivity contribution in [2.45, 2.75) is 23.9 Å². The summed E-state index contributed by atoms with van der Waals surface area (Å²) < 4.78 is 0. The maximum atomic E-state index is 5.59. The lowest BCUT2D eigenvalue weighted by Crippen LogP contribution is -1.98. The molecule has 0 aliphatic heterocycles. The minimum absolute atomic E-state index is 0.275. The number of hydrogen-bond acceptors (Lipinski definition) is 8. The van der Waals surface area contributed by atoms with E-state index in [1.165, 1.54) is 21.6 Å². The van der Waals surface area contributed by atoms with E-state index in [0.29, 0.717) is 0 Å². The van der Waals surface area contributed by atoms with E-state index in [2.05, 4.69) is 19.9 Å². The first-order valence-corrected chi connectivity index (χ1v) is 7.25. The molecular weight excluding hydrogens is 268 g/mol. The topological polar surface area (TPSA) is 104 Å². The number of aromatic nitrogens is 4. The molecule has 0 bridgehead atoms. The molecule has 0 aliphatic carbocycles. The Morgan fingerprint density at radius 3 is 1.50 bits per heavy atom. The molecule has 0 aliphatic rings. The average Bonchev–Trinajstić information content (AvgIpc) is 2.23. The zero-order valence-electron chi connectivity index (χ0n) is 9.91. The van der Waals surface area contributed by atoms with Crippen LogP contribution in [0.1, 0.15) is 11.4 Å². The molecule has 6 nitrogen and oxygen atoms in total. The summed E-state index contributed by atoms with van der Waals surface area (Å²) in [6, 6.07) is 3.73. The van der Waals surface area contributed by atoms with Crippen LogP contribution in [-0.2, 0) is 0 Å². The Morgan fingerprint density at radius 2 is 1.17 bits per heavy atom. The van der Waals surface area contributed by atoms with Crippen LogP contribution in [0.15, 0.2) is 22.2 Å². The van der Waals surface area contributed by atoms with E-state index in [0.717, 1.165) is 21.4 Å². The molecule has 0 unspecified atom stereocenters. The van der Waals surface area contributed by atoms with Crippen LogP contribution >= 0.6 is 21.6 Å². The van der Waals surface area contributed by atoms with E-state index in [1.54, 1.807) is 0 Å². The highest BCUT2D eigenvalue weighted by molar-refractivity contribution is 8.76. The zero-order valence-corrected chi connectivity index (χ0v) is 11.5. The summed E-state index contributed by atoms with van der Waals surface area (Å²) in [5.74, 6) is 0.549. The van der Waals surface area contributed by atoms with Crippen LogP contribution in [0.2, 0.25) is 0 Å². The summed E-state index contributed by atoms with van der Waals surface area (Å²) in [6.07, 6.45) is 0. The number of nitrogens with two attached hydrogens (primary N) is 2. The Morgan fingerprint density at radius 1 is 0.778 bits per heavy atom. The second-order valence-electron chi connectivity index (χ2n) is 3.58. The summed E-state index contributed by atoms with van der Waals surface area (Å²) in [5.41, 5.74) is 12.8. The predicted molar refractivity (Wildman–Crippen MR) is 74.1 cm³/mol. The van der Waals surface area contributed by atoms with E-state index in [1.807, 2.05) is 26.0 Å². The highest BCUT2D eigenvalue weighted by atomic mass is 33.1. The average molecular weight is 280 g/mol. The van der Waals surface area contributed by atoms with Gasteiger partial charge in [0.2, 0.25) is 11.9 Å². The lowest BCUT2D eigenvalue weighted by molar-refractivity contribution is 1.02. The Bertz CT molecular complexity index is 482.